The van der Waals surface area contributed by atoms with Crippen LogP contribution in [0, 0.1) is 27.7 Å². The molecule has 0 aliphatic heterocycles. The second-order valence-electron chi connectivity index (χ2n) is 9.94. The zero-order chi connectivity index (χ0) is 33.1. The number of aromatic nitrogens is 6. The number of fused-ring (bicyclic) bond motifs is 1. The first-order valence-electron chi connectivity index (χ1n) is 13.5. The first kappa shape index (κ1) is 32.0. The molecule has 5 rings (SSSR count). The van der Waals surface area contributed by atoms with E-state index in [0.717, 1.165) is 0 Å². The van der Waals surface area contributed by atoms with Crippen LogP contribution in [0.3, 0.4) is 0 Å². The largest absolute Gasteiger partial charge is 0.476 e. The van der Waals surface area contributed by atoms with Crippen LogP contribution in [0.15, 0.2) is 58.5 Å². The maximum atomic E-state index is 15.0. The summed E-state index contributed by atoms with van der Waals surface area (Å²) in [6.07, 6.45) is 4.70. The minimum atomic E-state index is -1.23. The molecule has 2 N–H and O–H groups in total. The summed E-state index contributed by atoms with van der Waals surface area (Å²) in [6.45, 7) is -0.0393. The summed E-state index contributed by atoms with van der Waals surface area (Å²) in [5.74, 6) is -2.86. The fourth-order valence-corrected chi connectivity index (χ4v) is 5.15. The number of halogens is 3. The third-order valence-corrected chi connectivity index (χ3v) is 7.76. The zero-order valence-electron chi connectivity index (χ0n) is 24.3. The molecule has 0 saturated heterocycles. The fourth-order valence-electron chi connectivity index (χ4n) is 4.67. The lowest BCUT2D eigenvalue weighted by molar-refractivity contribution is 0.0792. The topological polar surface area (TPSA) is 155 Å². The van der Waals surface area contributed by atoms with Gasteiger partial charge < -0.3 is 15.0 Å². The zero-order valence-corrected chi connectivity index (χ0v) is 25.8. The Hall–Kier alpha value is -5.40. The first-order valence-corrected chi connectivity index (χ1v) is 14.3. The van der Waals surface area contributed by atoms with Crippen molar-refractivity contribution in [1.29, 1.82) is 5.26 Å². The van der Waals surface area contributed by atoms with Gasteiger partial charge in [-0.1, -0.05) is 11.6 Å². The van der Waals surface area contributed by atoms with Gasteiger partial charge in [0, 0.05) is 50.8 Å². The fraction of sp³-hybridized carbons (Fsp3) is 0.207. The van der Waals surface area contributed by atoms with Gasteiger partial charge in [-0.25, -0.2) is 14.4 Å². The number of nitriles is 1. The molecule has 46 heavy (non-hydrogen) atoms. The number of aryl methyl sites for hydroxylation is 1. The second kappa shape index (κ2) is 13.3. The molecule has 0 bridgehead atoms. The standard InChI is InChI=1S/C29H24ClF2N9O4S/c1-38(10-3-11-41-28(44)26(42)37-39(2)29(41)46)27(43)17-5-4-16(14-19(17)30)36-24-25-35-15-20(40(25)12-9-34-24)18-6-7-21(45-13-8-33)23(32)22(18)31/h4-7,9,12,14-15H,3,10-11,13H2,1-2H3,(H,34,36)(H,37,42). The van der Waals surface area contributed by atoms with Gasteiger partial charge in [0.1, 0.15) is 6.07 Å². The number of aromatic amines is 1. The molecule has 0 aliphatic rings. The average Bonchev–Trinajstić information content (AvgIpc) is 3.47. The van der Waals surface area contributed by atoms with Crippen molar-refractivity contribution < 1.29 is 18.3 Å². The summed E-state index contributed by atoms with van der Waals surface area (Å²) >= 11 is 11.7. The van der Waals surface area contributed by atoms with Gasteiger partial charge in [0.2, 0.25) is 5.82 Å². The molecule has 0 aliphatic carbocycles. The van der Waals surface area contributed by atoms with Crippen LogP contribution in [0.5, 0.6) is 5.75 Å². The number of hydrogen-bond donors (Lipinski definition) is 2. The van der Waals surface area contributed by atoms with Crippen molar-refractivity contribution in [2.75, 3.05) is 25.5 Å². The van der Waals surface area contributed by atoms with Gasteiger partial charge in [-0.3, -0.25) is 33.1 Å². The van der Waals surface area contributed by atoms with Crippen LogP contribution in [0.4, 0.5) is 20.3 Å². The Kier molecular flexibility index (Phi) is 9.26. The molecule has 3 aromatic heterocycles. The molecule has 17 heteroatoms. The molecule has 13 nitrogen and oxygen atoms in total. The summed E-state index contributed by atoms with van der Waals surface area (Å²) in [7, 11) is 3.11. The summed E-state index contributed by atoms with van der Waals surface area (Å²) < 4.78 is 38.6. The molecular weight excluding hydrogens is 644 g/mol. The van der Waals surface area contributed by atoms with E-state index in [1.807, 2.05) is 0 Å². The number of imidazole rings is 1. The number of anilines is 2. The Balaban J connectivity index is 1.30. The minimum absolute atomic E-state index is 0.0791. The number of carbonyl (C=O) groups excluding carboxylic acids is 1. The third kappa shape index (κ3) is 6.23. The number of nitrogens with one attached hydrogen (secondary N) is 2. The second-order valence-corrected chi connectivity index (χ2v) is 10.7. The monoisotopic (exact) mass is 667 g/mol. The van der Waals surface area contributed by atoms with E-state index in [9.17, 15) is 23.2 Å². The van der Waals surface area contributed by atoms with Crippen LogP contribution in [0.2, 0.25) is 5.02 Å². The van der Waals surface area contributed by atoms with Gasteiger partial charge in [-0.05, 0) is 49.0 Å². The Labute approximate surface area is 268 Å². The number of H-pyrrole nitrogens is 1. The molecular formula is C29H24ClF2N9O4S. The molecule has 0 atom stereocenters. The Morgan fingerprint density at radius 3 is 2.74 bits per heavy atom. The van der Waals surface area contributed by atoms with E-state index < -0.39 is 29.4 Å². The number of amides is 1. The van der Waals surface area contributed by atoms with Crippen molar-refractivity contribution >= 4 is 46.9 Å². The normalized spacial score (nSPS) is 11.0. The van der Waals surface area contributed by atoms with E-state index in [-0.39, 0.29) is 57.2 Å². The number of benzene rings is 2. The van der Waals surface area contributed by atoms with Gasteiger partial charge in [-0.2, -0.15) is 9.65 Å². The highest BCUT2D eigenvalue weighted by molar-refractivity contribution is 7.71. The van der Waals surface area contributed by atoms with Crippen LogP contribution < -0.4 is 21.2 Å². The van der Waals surface area contributed by atoms with E-state index in [2.05, 4.69) is 20.4 Å². The predicted molar refractivity (Wildman–Crippen MR) is 167 cm³/mol. The maximum Gasteiger partial charge on any atom is 0.328 e. The van der Waals surface area contributed by atoms with Crippen molar-refractivity contribution in [2.24, 2.45) is 7.05 Å². The third-order valence-electron chi connectivity index (χ3n) is 6.95. The molecule has 0 fully saturated rings. The number of rotatable bonds is 10. The Bertz CT molecular complexity index is 2210. The molecule has 3 heterocycles. The minimum Gasteiger partial charge on any atom is -0.476 e. The molecule has 1 amide bonds. The van der Waals surface area contributed by atoms with Crippen molar-refractivity contribution in [1.82, 2.24) is 33.6 Å². The Morgan fingerprint density at radius 2 is 2.00 bits per heavy atom. The van der Waals surface area contributed by atoms with E-state index in [1.54, 1.807) is 19.2 Å². The van der Waals surface area contributed by atoms with Crippen LogP contribution >= 0.6 is 23.8 Å². The van der Waals surface area contributed by atoms with Crippen LogP contribution in [0.25, 0.3) is 16.9 Å². The first-order chi connectivity index (χ1) is 22.0. The lowest BCUT2D eigenvalue weighted by Crippen LogP contribution is -2.40. The molecule has 0 radical (unpaired) electrons. The quantitative estimate of drug-likeness (QED) is 0.166. The van der Waals surface area contributed by atoms with Gasteiger partial charge in [0.25, 0.3) is 5.91 Å². The highest BCUT2D eigenvalue weighted by Gasteiger charge is 2.20. The van der Waals surface area contributed by atoms with E-state index >= 15 is 0 Å². The summed E-state index contributed by atoms with van der Waals surface area (Å²) in [5, 5.41) is 14.2. The smallest absolute Gasteiger partial charge is 0.328 e. The molecule has 0 spiro atoms. The van der Waals surface area contributed by atoms with E-state index in [0.29, 0.717) is 17.8 Å². The van der Waals surface area contributed by atoms with Crippen LogP contribution in [0.1, 0.15) is 16.8 Å². The number of ether oxygens (including phenoxy) is 1. The number of nitrogens with zero attached hydrogens (tertiary/aromatic N) is 7. The SMILES string of the molecule is CN(CCCn1c(=O)c(=O)[nH]n(C)c1=S)C(=O)c1ccc(Nc2nccn3c(-c4ccc(OCC#N)c(F)c4F)cnc23)cc1Cl. The van der Waals surface area contributed by atoms with Crippen molar-refractivity contribution in [3.05, 3.63) is 96.6 Å². The van der Waals surface area contributed by atoms with Crippen molar-refractivity contribution in [3.63, 3.8) is 0 Å². The number of carbonyl (C=O) groups is 1. The predicted octanol–water partition coefficient (Wildman–Crippen LogP) is 4.05. The molecule has 2 aromatic carbocycles. The average molecular weight is 668 g/mol. The molecule has 0 saturated carbocycles. The summed E-state index contributed by atoms with van der Waals surface area (Å²) in [4.78, 5) is 47.2. The summed E-state index contributed by atoms with van der Waals surface area (Å²) in [5.41, 5.74) is -0.389. The van der Waals surface area contributed by atoms with Crippen molar-refractivity contribution in [3.8, 4) is 23.1 Å². The van der Waals surface area contributed by atoms with Gasteiger partial charge >= 0.3 is 11.1 Å². The van der Waals surface area contributed by atoms with Crippen LogP contribution in [-0.4, -0.2) is 59.7 Å². The van der Waals surface area contributed by atoms with E-state index in [1.165, 1.54) is 68.5 Å². The summed E-state index contributed by atoms with van der Waals surface area (Å²) in [6, 6.07) is 8.96. The van der Waals surface area contributed by atoms with E-state index in [4.69, 9.17) is 33.8 Å². The van der Waals surface area contributed by atoms with Crippen molar-refractivity contribution in [2.45, 2.75) is 13.0 Å². The lowest BCUT2D eigenvalue weighted by atomic mass is 10.1. The highest BCUT2D eigenvalue weighted by atomic mass is 35.5. The molecule has 0 unspecified atom stereocenters. The molecule has 236 valence electrons. The lowest BCUT2D eigenvalue weighted by Gasteiger charge is -2.19. The van der Waals surface area contributed by atoms with Crippen LogP contribution in [-0.2, 0) is 13.6 Å². The Morgan fingerprint density at radius 1 is 1.22 bits per heavy atom. The number of hydrogen-bond acceptors (Lipinski definition) is 9. The molecule has 5 aromatic rings. The van der Waals surface area contributed by atoms with Gasteiger partial charge in [-0.15, -0.1) is 0 Å². The van der Waals surface area contributed by atoms with Gasteiger partial charge in [0.15, 0.2) is 34.4 Å². The van der Waals surface area contributed by atoms with Gasteiger partial charge in [0.05, 0.1) is 22.5 Å². The highest BCUT2D eigenvalue weighted by Crippen LogP contribution is 2.32. The maximum absolute atomic E-state index is 15.0.